The summed E-state index contributed by atoms with van der Waals surface area (Å²) < 4.78 is 9.34. The van der Waals surface area contributed by atoms with Crippen molar-refractivity contribution in [2.24, 2.45) is 0 Å². The molecule has 0 aromatic heterocycles. The van der Waals surface area contributed by atoms with Crippen LogP contribution in [0, 0.1) is 0 Å². The Morgan fingerprint density at radius 3 is 2.59 bits per heavy atom. The van der Waals surface area contributed by atoms with Gasteiger partial charge in [-0.05, 0) is 13.0 Å². The zero-order valence-corrected chi connectivity index (χ0v) is 15.0. The molecule has 0 spiro atoms. The predicted molar refractivity (Wildman–Crippen MR) is 65.1 cm³/mol. The number of allylic oxidation sites excluding steroid dienone is 3. The van der Waals surface area contributed by atoms with Gasteiger partial charge in [-0.2, -0.15) is 0 Å². The van der Waals surface area contributed by atoms with Gasteiger partial charge in [0.15, 0.2) is 11.6 Å². The van der Waals surface area contributed by atoms with Crippen molar-refractivity contribution in [2.75, 3.05) is 6.61 Å². The van der Waals surface area contributed by atoms with Gasteiger partial charge in [-0.25, -0.2) is 9.59 Å². The zero-order chi connectivity index (χ0) is 15.6. The molecule has 108 valence electrons. The molecule has 0 saturated heterocycles. The normalized spacial score (nSPS) is 16.6. The zero-order valence-electron chi connectivity index (χ0n) is 11.9. The third kappa shape index (κ3) is 3.90. The second-order valence-corrected chi connectivity index (χ2v) is 4.01. The summed E-state index contributed by atoms with van der Waals surface area (Å²) >= 11 is 0. The van der Waals surface area contributed by atoms with Crippen LogP contribution >= 0.6 is 0 Å². The molecule has 0 saturated carbocycles. The number of ketones is 2. The van der Waals surface area contributed by atoms with Crippen LogP contribution in [0.15, 0.2) is 47.0 Å². The predicted octanol–water partition coefficient (Wildman–Crippen LogP) is -3.76. The van der Waals surface area contributed by atoms with Crippen molar-refractivity contribution in [1.29, 1.82) is 0 Å². The van der Waals surface area contributed by atoms with Crippen LogP contribution in [-0.2, 0) is 28.7 Å². The number of esters is 2. The summed E-state index contributed by atoms with van der Waals surface area (Å²) in [5.41, 5.74) is -0.453. The van der Waals surface area contributed by atoms with E-state index in [1.807, 2.05) is 0 Å². The molecular formula is C14H9KO7. The minimum Gasteiger partial charge on any atom is -0.870 e. The number of carbonyl (C=O) groups is 4. The smallest absolute Gasteiger partial charge is 0.870 e. The minimum absolute atomic E-state index is 0. The third-order valence-electron chi connectivity index (χ3n) is 2.63. The standard InChI is InChI=1S/C14H10O7.K/c1-2-20-12(18)4-3-8(15)13-7-5-9(16)10(17)6-11(7)21-14(13)19;/h3-6,16H,2H2,1H3;/q;+1/p-1/b4-3-;. The Kier molecular flexibility index (Phi) is 6.63. The first-order valence-corrected chi connectivity index (χ1v) is 5.94. The summed E-state index contributed by atoms with van der Waals surface area (Å²) in [6, 6.07) is 0. The van der Waals surface area contributed by atoms with Crippen molar-refractivity contribution >= 4 is 23.5 Å². The van der Waals surface area contributed by atoms with Crippen molar-refractivity contribution in [2.45, 2.75) is 6.92 Å². The van der Waals surface area contributed by atoms with Crippen molar-refractivity contribution in [3.63, 3.8) is 0 Å². The van der Waals surface area contributed by atoms with E-state index in [2.05, 4.69) is 4.74 Å². The van der Waals surface area contributed by atoms with Gasteiger partial charge in [0.2, 0.25) is 0 Å². The molecule has 0 radical (unpaired) electrons. The molecule has 1 aliphatic heterocycles. The van der Waals surface area contributed by atoms with Crippen molar-refractivity contribution in [1.82, 2.24) is 0 Å². The maximum absolute atomic E-state index is 11.9. The Bertz CT molecular complexity index is 679. The van der Waals surface area contributed by atoms with Crippen LogP contribution in [0.1, 0.15) is 6.92 Å². The van der Waals surface area contributed by atoms with Gasteiger partial charge in [0.05, 0.1) is 6.61 Å². The van der Waals surface area contributed by atoms with Gasteiger partial charge in [-0.3, -0.25) is 9.59 Å². The molecule has 0 fully saturated rings. The maximum atomic E-state index is 11.9. The Balaban J connectivity index is 0.00000242. The Morgan fingerprint density at radius 2 is 1.95 bits per heavy atom. The molecule has 0 aromatic carbocycles. The number of carbonyl (C=O) groups excluding carboxylic acids is 4. The summed E-state index contributed by atoms with van der Waals surface area (Å²) in [6.07, 6.45) is 3.43. The summed E-state index contributed by atoms with van der Waals surface area (Å²) in [5.74, 6) is -4.36. The summed E-state index contributed by atoms with van der Waals surface area (Å²) in [7, 11) is 0. The Morgan fingerprint density at radius 1 is 1.27 bits per heavy atom. The topological polar surface area (TPSA) is 110 Å². The first-order valence-electron chi connectivity index (χ1n) is 5.94. The van der Waals surface area contributed by atoms with Crippen molar-refractivity contribution in [3.8, 4) is 0 Å². The first-order chi connectivity index (χ1) is 9.93. The average Bonchev–Trinajstić information content (AvgIpc) is 2.72. The summed E-state index contributed by atoms with van der Waals surface area (Å²) in [5, 5.41) is 11.3. The van der Waals surface area contributed by atoms with Gasteiger partial charge in [-0.15, -0.1) is 0 Å². The number of fused-ring (bicyclic) bond motifs is 1. The van der Waals surface area contributed by atoms with Crippen LogP contribution in [0.4, 0.5) is 0 Å². The van der Waals surface area contributed by atoms with Gasteiger partial charge in [-0.1, -0.05) is 11.8 Å². The average molecular weight is 328 g/mol. The van der Waals surface area contributed by atoms with Gasteiger partial charge < -0.3 is 14.6 Å². The van der Waals surface area contributed by atoms with E-state index in [1.54, 1.807) is 6.92 Å². The van der Waals surface area contributed by atoms with E-state index in [-0.39, 0.29) is 69.3 Å². The quantitative estimate of drug-likeness (QED) is 0.226. The number of rotatable bonds is 4. The minimum atomic E-state index is -0.978. The van der Waals surface area contributed by atoms with Gasteiger partial charge >= 0.3 is 63.3 Å². The molecule has 0 N–H and O–H groups in total. The van der Waals surface area contributed by atoms with Crippen molar-refractivity contribution in [3.05, 3.63) is 47.0 Å². The molecule has 0 amide bonds. The molecule has 8 heteroatoms. The fourth-order valence-electron chi connectivity index (χ4n) is 1.73. The summed E-state index contributed by atoms with van der Waals surface area (Å²) in [6.45, 7) is 1.74. The molecule has 1 heterocycles. The molecule has 0 bridgehead atoms. The molecule has 0 unspecified atom stereocenters. The first kappa shape index (κ1) is 18.7. The Labute approximate surface area is 167 Å². The molecule has 1 aliphatic carbocycles. The Hall–Kier alpha value is -1.32. The van der Waals surface area contributed by atoms with E-state index in [9.17, 15) is 24.3 Å². The van der Waals surface area contributed by atoms with E-state index >= 15 is 0 Å². The molecule has 0 aromatic rings. The van der Waals surface area contributed by atoms with E-state index in [4.69, 9.17) is 4.74 Å². The molecule has 2 aliphatic rings. The van der Waals surface area contributed by atoms with Gasteiger partial charge in [0, 0.05) is 17.7 Å². The molecule has 7 nitrogen and oxygen atoms in total. The van der Waals surface area contributed by atoms with Crippen LogP contribution in [0.5, 0.6) is 0 Å². The summed E-state index contributed by atoms with van der Waals surface area (Å²) in [4.78, 5) is 45.8. The molecular weight excluding hydrogens is 319 g/mol. The molecule has 22 heavy (non-hydrogen) atoms. The van der Waals surface area contributed by atoms with Crippen LogP contribution < -0.4 is 56.5 Å². The van der Waals surface area contributed by atoms with E-state index in [1.165, 1.54) is 0 Å². The van der Waals surface area contributed by atoms with Crippen molar-refractivity contribution < 1.29 is 85.1 Å². The van der Waals surface area contributed by atoms with Crippen LogP contribution in [0.25, 0.3) is 0 Å². The van der Waals surface area contributed by atoms with E-state index in [0.717, 1.165) is 24.3 Å². The van der Waals surface area contributed by atoms with E-state index < -0.39 is 34.8 Å². The maximum Gasteiger partial charge on any atom is 1.00 e. The third-order valence-corrected chi connectivity index (χ3v) is 2.63. The monoisotopic (exact) mass is 328 g/mol. The second-order valence-electron chi connectivity index (χ2n) is 4.01. The number of hydrogen-bond donors (Lipinski definition) is 0. The van der Waals surface area contributed by atoms with Crippen LogP contribution in [0.2, 0.25) is 0 Å². The van der Waals surface area contributed by atoms with Gasteiger partial charge in [0.25, 0.3) is 0 Å². The largest absolute Gasteiger partial charge is 1.00 e. The van der Waals surface area contributed by atoms with Crippen LogP contribution in [0.3, 0.4) is 0 Å². The number of hydrogen-bond acceptors (Lipinski definition) is 7. The molecule has 0 atom stereocenters. The van der Waals surface area contributed by atoms with Crippen LogP contribution in [-0.4, -0.2) is 30.1 Å². The number of ether oxygens (including phenoxy) is 2. The molecule has 2 rings (SSSR count). The van der Waals surface area contributed by atoms with Gasteiger partial charge in [0.1, 0.15) is 11.3 Å². The fourth-order valence-corrected chi connectivity index (χ4v) is 1.73. The van der Waals surface area contributed by atoms with E-state index in [0.29, 0.717) is 0 Å². The second kappa shape index (κ2) is 7.79. The SMILES string of the molecule is CCOC(=O)/C=C\C(=O)C1=C2C=C([O-])C(=O)C=C2OC1=O.[K+]. The fraction of sp³-hybridized carbons (Fsp3) is 0.143.